The second kappa shape index (κ2) is 11.2. The lowest BCUT2D eigenvalue weighted by atomic mass is 10.1. The van der Waals surface area contributed by atoms with Gasteiger partial charge in [-0.25, -0.2) is 9.37 Å². The Bertz CT molecular complexity index is 924. The Balaban J connectivity index is 1.55. The fraction of sp³-hybridized carbons (Fsp3) is 0.435. The van der Waals surface area contributed by atoms with Gasteiger partial charge in [0.2, 0.25) is 11.8 Å². The van der Waals surface area contributed by atoms with Gasteiger partial charge in [-0.3, -0.25) is 14.5 Å². The van der Waals surface area contributed by atoms with Crippen molar-refractivity contribution >= 4 is 40.0 Å². The van der Waals surface area contributed by atoms with Crippen molar-refractivity contribution < 1.29 is 14.0 Å². The number of aromatic nitrogens is 1. The molecular formula is C23H29FN4O2S. The predicted molar refractivity (Wildman–Crippen MR) is 123 cm³/mol. The zero-order valence-corrected chi connectivity index (χ0v) is 18.8. The van der Waals surface area contributed by atoms with Crippen molar-refractivity contribution in [3.05, 3.63) is 47.2 Å². The van der Waals surface area contributed by atoms with Crippen molar-refractivity contribution in [1.29, 1.82) is 0 Å². The topological polar surface area (TPSA) is 65.5 Å². The van der Waals surface area contributed by atoms with Gasteiger partial charge in [-0.2, -0.15) is 0 Å². The van der Waals surface area contributed by atoms with E-state index in [0.717, 1.165) is 19.6 Å². The van der Waals surface area contributed by atoms with E-state index in [1.165, 1.54) is 60.6 Å². The third-order valence-electron chi connectivity index (χ3n) is 5.16. The molecule has 1 aromatic heterocycles. The van der Waals surface area contributed by atoms with Crippen molar-refractivity contribution in [3.63, 3.8) is 0 Å². The third kappa shape index (κ3) is 6.70. The summed E-state index contributed by atoms with van der Waals surface area (Å²) in [5, 5.41) is 5.02. The Hall–Kier alpha value is -2.58. The Labute approximate surface area is 186 Å². The average molecular weight is 445 g/mol. The summed E-state index contributed by atoms with van der Waals surface area (Å²) in [6.45, 7) is 7.42. The van der Waals surface area contributed by atoms with Crippen LogP contribution in [0.1, 0.15) is 38.8 Å². The first-order chi connectivity index (χ1) is 14.9. The van der Waals surface area contributed by atoms with E-state index in [9.17, 15) is 14.0 Å². The zero-order chi connectivity index (χ0) is 22.2. The smallest absolute Gasteiger partial charge is 0.244 e. The predicted octanol–water partition coefficient (Wildman–Crippen LogP) is 4.22. The minimum atomic E-state index is -0.497. The zero-order valence-electron chi connectivity index (χ0n) is 18.0. The van der Waals surface area contributed by atoms with E-state index in [-0.39, 0.29) is 17.5 Å². The number of piperidine rings is 1. The summed E-state index contributed by atoms with van der Waals surface area (Å²) in [5.74, 6) is -0.637. The Morgan fingerprint density at radius 1 is 1.29 bits per heavy atom. The van der Waals surface area contributed by atoms with Gasteiger partial charge in [0.15, 0.2) is 5.13 Å². The van der Waals surface area contributed by atoms with Gasteiger partial charge in [-0.15, -0.1) is 11.3 Å². The van der Waals surface area contributed by atoms with Crippen LogP contribution < -0.4 is 10.2 Å². The lowest BCUT2D eigenvalue weighted by Crippen LogP contribution is -2.37. The molecule has 1 aromatic carbocycles. The summed E-state index contributed by atoms with van der Waals surface area (Å²) in [5.41, 5.74) is 0.694. The van der Waals surface area contributed by atoms with E-state index in [0.29, 0.717) is 23.3 Å². The van der Waals surface area contributed by atoms with Gasteiger partial charge in [0, 0.05) is 31.5 Å². The van der Waals surface area contributed by atoms with Crippen LogP contribution in [-0.4, -0.2) is 47.9 Å². The van der Waals surface area contributed by atoms with Crippen molar-refractivity contribution in [2.24, 2.45) is 5.92 Å². The van der Waals surface area contributed by atoms with Crippen LogP contribution in [0.3, 0.4) is 0 Å². The summed E-state index contributed by atoms with van der Waals surface area (Å²) >= 11 is 1.22. The Morgan fingerprint density at radius 3 is 2.74 bits per heavy atom. The molecule has 1 fully saturated rings. The number of hydrogen-bond donors (Lipinski definition) is 1. The van der Waals surface area contributed by atoms with Crippen LogP contribution in [0.15, 0.2) is 35.7 Å². The molecule has 1 aliphatic rings. The third-order valence-corrected chi connectivity index (χ3v) is 6.00. The number of carbonyl (C=O) groups excluding carboxylic acids is 2. The van der Waals surface area contributed by atoms with E-state index >= 15 is 0 Å². The summed E-state index contributed by atoms with van der Waals surface area (Å²) < 4.78 is 14.2. The van der Waals surface area contributed by atoms with Crippen molar-refractivity contribution in [1.82, 2.24) is 15.2 Å². The number of amides is 2. The summed E-state index contributed by atoms with van der Waals surface area (Å²) in [6.07, 6.45) is 6.87. The molecule has 1 unspecified atom stereocenters. The number of para-hydroxylation sites is 1. The van der Waals surface area contributed by atoms with E-state index in [2.05, 4.69) is 22.1 Å². The number of rotatable bonds is 8. The molecule has 0 saturated carbocycles. The van der Waals surface area contributed by atoms with Crippen LogP contribution in [0.25, 0.3) is 6.08 Å². The molecule has 6 nitrogen and oxygen atoms in total. The fourth-order valence-electron chi connectivity index (χ4n) is 3.64. The molecule has 0 bridgehead atoms. The number of anilines is 2. The van der Waals surface area contributed by atoms with Crippen LogP contribution in [0, 0.1) is 11.7 Å². The van der Waals surface area contributed by atoms with E-state index < -0.39 is 5.82 Å². The summed E-state index contributed by atoms with van der Waals surface area (Å²) in [7, 11) is 0. The SMILES string of the molecule is CC(=O)N(c1nc(C=CC(=O)NCC(C)CN2CCCCC2)cs1)c1ccccc1F. The van der Waals surface area contributed by atoms with Gasteiger partial charge in [0.1, 0.15) is 5.82 Å². The number of hydrogen-bond acceptors (Lipinski definition) is 5. The molecule has 0 aliphatic carbocycles. The fourth-order valence-corrected chi connectivity index (χ4v) is 4.49. The minimum Gasteiger partial charge on any atom is -0.352 e. The van der Waals surface area contributed by atoms with Crippen LogP contribution in [0.5, 0.6) is 0 Å². The molecule has 2 aromatic rings. The largest absolute Gasteiger partial charge is 0.352 e. The molecule has 1 N–H and O–H groups in total. The van der Waals surface area contributed by atoms with Gasteiger partial charge < -0.3 is 10.2 Å². The molecule has 0 spiro atoms. The molecule has 1 aliphatic heterocycles. The first kappa shape index (κ1) is 23.1. The highest BCUT2D eigenvalue weighted by Crippen LogP contribution is 2.30. The number of thiazole rings is 1. The second-order valence-electron chi connectivity index (χ2n) is 7.91. The molecule has 2 amide bonds. The van der Waals surface area contributed by atoms with Gasteiger partial charge in [-0.1, -0.05) is 25.5 Å². The lowest BCUT2D eigenvalue weighted by Gasteiger charge is -2.29. The van der Waals surface area contributed by atoms with Crippen molar-refractivity contribution in [2.75, 3.05) is 31.1 Å². The highest BCUT2D eigenvalue weighted by Gasteiger charge is 2.20. The number of nitrogens with zero attached hydrogens (tertiary/aromatic N) is 3. The molecule has 2 heterocycles. The Morgan fingerprint density at radius 2 is 2.03 bits per heavy atom. The summed E-state index contributed by atoms with van der Waals surface area (Å²) in [4.78, 5) is 32.4. The lowest BCUT2D eigenvalue weighted by molar-refractivity contribution is -0.117. The maximum atomic E-state index is 14.2. The van der Waals surface area contributed by atoms with E-state index in [1.807, 2.05) is 0 Å². The van der Waals surface area contributed by atoms with Gasteiger partial charge in [0.25, 0.3) is 0 Å². The number of benzene rings is 1. The van der Waals surface area contributed by atoms with Crippen molar-refractivity contribution in [2.45, 2.75) is 33.1 Å². The minimum absolute atomic E-state index is 0.153. The van der Waals surface area contributed by atoms with Gasteiger partial charge in [0.05, 0.1) is 11.4 Å². The monoisotopic (exact) mass is 444 g/mol. The highest BCUT2D eigenvalue weighted by molar-refractivity contribution is 7.14. The number of halogens is 1. The van der Waals surface area contributed by atoms with Crippen LogP contribution in [0.4, 0.5) is 15.2 Å². The molecule has 1 saturated heterocycles. The quantitative estimate of drug-likeness (QED) is 0.619. The molecular weight excluding hydrogens is 415 g/mol. The maximum absolute atomic E-state index is 14.2. The number of carbonyl (C=O) groups is 2. The first-order valence-electron chi connectivity index (χ1n) is 10.6. The molecule has 3 rings (SSSR count). The van der Waals surface area contributed by atoms with Gasteiger partial charge >= 0.3 is 0 Å². The highest BCUT2D eigenvalue weighted by atomic mass is 32.1. The van der Waals surface area contributed by atoms with Gasteiger partial charge in [-0.05, 0) is 50.1 Å². The van der Waals surface area contributed by atoms with Crippen LogP contribution >= 0.6 is 11.3 Å². The number of nitrogens with one attached hydrogen (secondary N) is 1. The molecule has 8 heteroatoms. The first-order valence-corrected chi connectivity index (χ1v) is 11.5. The van der Waals surface area contributed by atoms with Crippen LogP contribution in [-0.2, 0) is 9.59 Å². The standard InChI is InChI=1S/C23H29FN4O2S/c1-17(15-27-12-6-3-7-13-27)14-25-22(30)11-10-19-16-31-23(26-19)28(18(2)29)21-9-5-4-8-20(21)24/h4-5,8-11,16-17H,3,6-7,12-15H2,1-2H3,(H,25,30). The molecule has 31 heavy (non-hydrogen) atoms. The average Bonchev–Trinajstić information content (AvgIpc) is 3.21. The van der Waals surface area contributed by atoms with E-state index in [1.54, 1.807) is 23.6 Å². The second-order valence-corrected chi connectivity index (χ2v) is 8.74. The molecule has 166 valence electrons. The maximum Gasteiger partial charge on any atom is 0.244 e. The van der Waals surface area contributed by atoms with E-state index in [4.69, 9.17) is 0 Å². The number of likely N-dealkylation sites (tertiary alicyclic amines) is 1. The Kier molecular flexibility index (Phi) is 8.31. The van der Waals surface area contributed by atoms with Crippen molar-refractivity contribution in [3.8, 4) is 0 Å². The molecule has 1 atom stereocenters. The normalized spacial score (nSPS) is 15.7. The molecule has 0 radical (unpaired) electrons. The summed E-state index contributed by atoms with van der Waals surface area (Å²) in [6, 6.07) is 6.07. The van der Waals surface area contributed by atoms with Crippen LogP contribution in [0.2, 0.25) is 0 Å².